The van der Waals surface area contributed by atoms with Gasteiger partial charge < -0.3 is 19.5 Å². The van der Waals surface area contributed by atoms with Gasteiger partial charge in [0.25, 0.3) is 5.91 Å². The number of sulfonamides is 1. The second-order valence-corrected chi connectivity index (χ2v) is 12.8. The molecule has 1 fully saturated rings. The Hall–Kier alpha value is -3.48. The molecule has 210 valence electrons. The Bertz CT molecular complexity index is 1510. The molecular weight excluding hydrogens is 522 g/mol. The highest BCUT2D eigenvalue weighted by Crippen LogP contribution is 2.39. The second-order valence-electron chi connectivity index (χ2n) is 11.1. The number of nitrogens with one attached hydrogen (secondary N) is 2. The molecule has 39 heavy (non-hydrogen) atoms. The monoisotopic (exact) mass is 557 g/mol. The van der Waals surface area contributed by atoms with Crippen molar-refractivity contribution < 1.29 is 27.4 Å². The zero-order valence-electron chi connectivity index (χ0n) is 23.4. The Kier molecular flexibility index (Phi) is 7.50. The van der Waals surface area contributed by atoms with Gasteiger partial charge in [0.15, 0.2) is 11.5 Å². The molecule has 2 aromatic carbocycles. The number of benzene rings is 2. The highest BCUT2D eigenvalue weighted by molar-refractivity contribution is 7.92. The Morgan fingerprint density at radius 3 is 2.46 bits per heavy atom. The van der Waals surface area contributed by atoms with E-state index in [9.17, 15) is 13.2 Å². The molecule has 0 spiro atoms. The topological polar surface area (TPSA) is 134 Å². The molecular formula is C27H35N5O6S. The van der Waals surface area contributed by atoms with Crippen LogP contribution in [0, 0.1) is 6.92 Å². The summed E-state index contributed by atoms with van der Waals surface area (Å²) in [5, 5.41) is 11.4. The number of nitrogens with zero attached hydrogens (tertiary/aromatic N) is 3. The zero-order valence-corrected chi connectivity index (χ0v) is 24.3. The van der Waals surface area contributed by atoms with Crippen LogP contribution in [0.1, 0.15) is 67.9 Å². The standard InChI is InChI=1S/C27H35N5O6S/c1-16-9-10-17(11-22(16)32-14-21(29-31-32)23-15-37-27(5,6)38-23)25(33)28-19-12-18(26(2,3)4)13-20(24(19)36-7)30-39(8,34)35/h9-14,23,30H,15H2,1-8H3,(H,28,33). The average Bonchev–Trinajstić information content (AvgIpc) is 3.44. The average molecular weight is 558 g/mol. The molecule has 0 aliphatic carbocycles. The van der Waals surface area contributed by atoms with Crippen molar-refractivity contribution >= 4 is 27.3 Å². The third-order valence-corrected chi connectivity index (χ3v) is 6.86. The van der Waals surface area contributed by atoms with Gasteiger partial charge in [0.05, 0.1) is 43.2 Å². The number of aryl methyl sites for hydroxylation is 1. The second kappa shape index (κ2) is 10.2. The summed E-state index contributed by atoms with van der Waals surface area (Å²) in [5.41, 5.74) is 3.62. The summed E-state index contributed by atoms with van der Waals surface area (Å²) >= 11 is 0. The minimum Gasteiger partial charge on any atom is -0.492 e. The molecule has 1 aromatic heterocycles. The summed E-state index contributed by atoms with van der Waals surface area (Å²) in [4.78, 5) is 13.4. The lowest BCUT2D eigenvalue weighted by atomic mass is 9.86. The van der Waals surface area contributed by atoms with Crippen molar-refractivity contribution in [3.63, 3.8) is 0 Å². The van der Waals surface area contributed by atoms with Gasteiger partial charge in [0.1, 0.15) is 11.8 Å². The summed E-state index contributed by atoms with van der Waals surface area (Å²) in [6.45, 7) is 12.0. The van der Waals surface area contributed by atoms with Gasteiger partial charge in [-0.1, -0.05) is 32.1 Å². The van der Waals surface area contributed by atoms with Gasteiger partial charge in [0, 0.05) is 5.56 Å². The lowest BCUT2D eigenvalue weighted by Gasteiger charge is -2.24. The molecule has 2 N–H and O–H groups in total. The summed E-state index contributed by atoms with van der Waals surface area (Å²) in [7, 11) is -2.18. The summed E-state index contributed by atoms with van der Waals surface area (Å²) in [5.74, 6) is -0.887. The molecule has 0 saturated carbocycles. The quantitative estimate of drug-likeness (QED) is 0.439. The van der Waals surface area contributed by atoms with Gasteiger partial charge in [-0.2, -0.15) is 0 Å². The normalized spacial score (nSPS) is 17.2. The maximum Gasteiger partial charge on any atom is 0.255 e. The Labute approximate surface area is 228 Å². The fraction of sp³-hybridized carbons (Fsp3) is 0.444. The number of ether oxygens (including phenoxy) is 3. The van der Waals surface area contributed by atoms with Gasteiger partial charge in [-0.25, -0.2) is 13.1 Å². The van der Waals surface area contributed by atoms with E-state index in [0.29, 0.717) is 29.2 Å². The molecule has 1 amide bonds. The molecule has 1 atom stereocenters. The minimum atomic E-state index is -3.60. The van der Waals surface area contributed by atoms with Crippen LogP contribution in [-0.2, 0) is 24.9 Å². The van der Waals surface area contributed by atoms with Gasteiger partial charge in [-0.15, -0.1) is 5.10 Å². The van der Waals surface area contributed by atoms with Crippen molar-refractivity contribution in [1.82, 2.24) is 15.0 Å². The predicted octanol–water partition coefficient (Wildman–Crippen LogP) is 4.33. The zero-order chi connectivity index (χ0) is 28.8. The molecule has 0 radical (unpaired) electrons. The van der Waals surface area contributed by atoms with E-state index in [1.807, 2.05) is 47.6 Å². The van der Waals surface area contributed by atoms with E-state index in [1.165, 1.54) is 7.11 Å². The van der Waals surface area contributed by atoms with Crippen molar-refractivity contribution in [3.05, 3.63) is 58.9 Å². The van der Waals surface area contributed by atoms with Crippen LogP contribution < -0.4 is 14.8 Å². The van der Waals surface area contributed by atoms with Crippen LogP contribution in [0.25, 0.3) is 5.69 Å². The van der Waals surface area contributed by atoms with E-state index < -0.39 is 21.7 Å². The highest BCUT2D eigenvalue weighted by atomic mass is 32.2. The first-order valence-electron chi connectivity index (χ1n) is 12.4. The van der Waals surface area contributed by atoms with Crippen molar-refractivity contribution in [3.8, 4) is 11.4 Å². The van der Waals surface area contributed by atoms with Crippen LogP contribution in [0.15, 0.2) is 36.5 Å². The van der Waals surface area contributed by atoms with Crippen molar-refractivity contribution in [1.29, 1.82) is 0 Å². The first kappa shape index (κ1) is 28.5. The lowest BCUT2D eigenvalue weighted by Crippen LogP contribution is -2.19. The summed E-state index contributed by atoms with van der Waals surface area (Å²) in [6.07, 6.45) is 2.49. The van der Waals surface area contributed by atoms with Crippen LogP contribution in [0.4, 0.5) is 11.4 Å². The maximum absolute atomic E-state index is 13.4. The van der Waals surface area contributed by atoms with Crippen LogP contribution in [0.5, 0.6) is 5.75 Å². The SMILES string of the molecule is COc1c(NC(=O)c2ccc(C)c(-n3cc(C4COC(C)(C)O4)nn3)c2)cc(C(C)(C)C)cc1NS(C)(=O)=O. The first-order valence-corrected chi connectivity index (χ1v) is 14.3. The van der Waals surface area contributed by atoms with Gasteiger partial charge in [-0.3, -0.25) is 9.52 Å². The van der Waals surface area contributed by atoms with E-state index in [1.54, 1.807) is 35.1 Å². The number of hydrogen-bond donors (Lipinski definition) is 2. The first-order chi connectivity index (χ1) is 18.1. The number of hydrogen-bond acceptors (Lipinski definition) is 8. The predicted molar refractivity (Wildman–Crippen MR) is 148 cm³/mol. The third kappa shape index (κ3) is 6.57. The minimum absolute atomic E-state index is 0.205. The molecule has 1 unspecified atom stereocenters. The number of carbonyl (C=O) groups excluding carboxylic acids is 1. The van der Waals surface area contributed by atoms with Crippen LogP contribution in [-0.4, -0.2) is 55.1 Å². The molecule has 3 aromatic rings. The molecule has 12 heteroatoms. The van der Waals surface area contributed by atoms with E-state index >= 15 is 0 Å². The smallest absolute Gasteiger partial charge is 0.255 e. The molecule has 2 heterocycles. The van der Waals surface area contributed by atoms with E-state index in [0.717, 1.165) is 17.4 Å². The molecule has 1 aliphatic rings. The van der Waals surface area contributed by atoms with E-state index in [2.05, 4.69) is 20.4 Å². The summed E-state index contributed by atoms with van der Waals surface area (Å²) < 4.78 is 45.2. The Morgan fingerprint density at radius 2 is 1.87 bits per heavy atom. The number of amides is 1. The number of anilines is 2. The number of aromatic nitrogens is 3. The van der Waals surface area contributed by atoms with Crippen molar-refractivity contribution in [2.24, 2.45) is 0 Å². The molecule has 1 aliphatic heterocycles. The van der Waals surface area contributed by atoms with Crippen LogP contribution in [0.3, 0.4) is 0 Å². The fourth-order valence-corrected chi connectivity index (χ4v) is 4.77. The van der Waals surface area contributed by atoms with Crippen molar-refractivity contribution in [2.45, 2.75) is 58.8 Å². The van der Waals surface area contributed by atoms with E-state index in [4.69, 9.17) is 14.2 Å². The van der Waals surface area contributed by atoms with Gasteiger partial charge >= 0.3 is 0 Å². The van der Waals surface area contributed by atoms with Crippen LogP contribution in [0.2, 0.25) is 0 Å². The van der Waals surface area contributed by atoms with E-state index in [-0.39, 0.29) is 23.0 Å². The maximum atomic E-state index is 13.4. The third-order valence-electron chi connectivity index (χ3n) is 6.27. The lowest BCUT2D eigenvalue weighted by molar-refractivity contribution is -0.139. The van der Waals surface area contributed by atoms with Crippen LogP contribution >= 0.6 is 0 Å². The molecule has 1 saturated heterocycles. The summed E-state index contributed by atoms with van der Waals surface area (Å²) in [6, 6.07) is 8.74. The van der Waals surface area contributed by atoms with Gasteiger partial charge in [0.2, 0.25) is 10.0 Å². The number of methoxy groups -OCH3 is 1. The highest BCUT2D eigenvalue weighted by Gasteiger charge is 2.35. The molecule has 4 rings (SSSR count). The number of carbonyl (C=O) groups is 1. The number of rotatable bonds is 7. The Morgan fingerprint density at radius 1 is 1.18 bits per heavy atom. The molecule has 0 bridgehead atoms. The Balaban J connectivity index is 1.66. The largest absolute Gasteiger partial charge is 0.492 e. The fourth-order valence-electron chi connectivity index (χ4n) is 4.22. The van der Waals surface area contributed by atoms with Gasteiger partial charge in [-0.05, 0) is 61.6 Å². The molecule has 11 nitrogen and oxygen atoms in total. The van der Waals surface area contributed by atoms with Crippen molar-refractivity contribution in [2.75, 3.05) is 30.0 Å².